The quantitative estimate of drug-likeness (QED) is 0.730. The molecule has 7 heteroatoms. The number of fused-ring (bicyclic) bond motifs is 1. The SMILES string of the molecule is O=C1NC(C(=O)O)=C[C@@H](c2ccc3c(c2)OCO3)N1. The van der Waals surface area contributed by atoms with Crippen LogP contribution in [-0.4, -0.2) is 23.9 Å². The molecule has 0 bridgehead atoms. The van der Waals surface area contributed by atoms with E-state index in [-0.39, 0.29) is 12.5 Å². The summed E-state index contributed by atoms with van der Waals surface area (Å²) in [6.45, 7) is 0.160. The minimum atomic E-state index is -1.18. The van der Waals surface area contributed by atoms with Crippen molar-refractivity contribution < 1.29 is 24.2 Å². The van der Waals surface area contributed by atoms with Crippen LogP contribution in [0.2, 0.25) is 0 Å². The number of nitrogens with one attached hydrogen (secondary N) is 2. The first-order chi connectivity index (χ1) is 9.13. The molecule has 1 aromatic carbocycles. The van der Waals surface area contributed by atoms with Gasteiger partial charge in [0.15, 0.2) is 11.5 Å². The van der Waals surface area contributed by atoms with Crippen LogP contribution in [0.3, 0.4) is 0 Å². The van der Waals surface area contributed by atoms with Gasteiger partial charge < -0.3 is 25.2 Å². The summed E-state index contributed by atoms with van der Waals surface area (Å²) in [4.78, 5) is 22.3. The van der Waals surface area contributed by atoms with Gasteiger partial charge in [-0.15, -0.1) is 0 Å². The van der Waals surface area contributed by atoms with Crippen LogP contribution in [-0.2, 0) is 4.79 Å². The van der Waals surface area contributed by atoms with Gasteiger partial charge in [0.05, 0.1) is 6.04 Å². The number of amides is 2. The van der Waals surface area contributed by atoms with Crippen molar-refractivity contribution >= 4 is 12.0 Å². The predicted octanol–water partition coefficient (Wildman–Crippen LogP) is 0.738. The van der Waals surface area contributed by atoms with E-state index in [0.29, 0.717) is 11.5 Å². The van der Waals surface area contributed by atoms with Gasteiger partial charge in [-0.3, -0.25) is 0 Å². The third-order valence-corrected chi connectivity index (χ3v) is 2.85. The van der Waals surface area contributed by atoms with Gasteiger partial charge in [-0.1, -0.05) is 6.07 Å². The first kappa shape index (κ1) is 11.4. The van der Waals surface area contributed by atoms with E-state index in [2.05, 4.69) is 10.6 Å². The van der Waals surface area contributed by atoms with Gasteiger partial charge in [-0.25, -0.2) is 9.59 Å². The van der Waals surface area contributed by atoms with Crippen LogP contribution >= 0.6 is 0 Å². The number of carbonyl (C=O) groups excluding carboxylic acids is 1. The van der Waals surface area contributed by atoms with Gasteiger partial charge in [0.25, 0.3) is 0 Å². The number of hydrogen-bond acceptors (Lipinski definition) is 4. The molecular weight excluding hydrogens is 252 g/mol. The Balaban J connectivity index is 1.95. The molecule has 2 aliphatic heterocycles. The lowest BCUT2D eigenvalue weighted by molar-refractivity contribution is -0.133. The van der Waals surface area contributed by atoms with Crippen LogP contribution in [0.15, 0.2) is 30.0 Å². The Labute approximate surface area is 107 Å². The summed E-state index contributed by atoms with van der Waals surface area (Å²) in [5.74, 6) is 0.0302. The van der Waals surface area contributed by atoms with Crippen molar-refractivity contribution in [2.75, 3.05) is 6.79 Å². The van der Waals surface area contributed by atoms with Crippen LogP contribution in [0.1, 0.15) is 11.6 Å². The van der Waals surface area contributed by atoms with Crippen LogP contribution in [0.4, 0.5) is 4.79 Å². The maximum absolute atomic E-state index is 11.4. The van der Waals surface area contributed by atoms with E-state index in [1.807, 2.05) is 0 Å². The van der Waals surface area contributed by atoms with Crippen molar-refractivity contribution in [3.05, 3.63) is 35.5 Å². The molecule has 2 amide bonds. The standard InChI is InChI=1S/C12H10N2O5/c15-11(16)8-4-7(13-12(17)14-8)6-1-2-9-10(3-6)19-5-18-9/h1-4,7H,5H2,(H,15,16)(H2,13,14,17)/t7-/m0/s1. The van der Waals surface area contributed by atoms with Crippen molar-refractivity contribution in [2.45, 2.75) is 6.04 Å². The van der Waals surface area contributed by atoms with Crippen molar-refractivity contribution in [2.24, 2.45) is 0 Å². The first-order valence-corrected chi connectivity index (χ1v) is 5.55. The second-order valence-corrected chi connectivity index (χ2v) is 4.07. The van der Waals surface area contributed by atoms with E-state index in [4.69, 9.17) is 14.6 Å². The smallest absolute Gasteiger partial charge is 0.352 e. The third-order valence-electron chi connectivity index (χ3n) is 2.85. The molecule has 0 aromatic heterocycles. The fourth-order valence-electron chi connectivity index (χ4n) is 1.96. The molecular formula is C12H10N2O5. The van der Waals surface area contributed by atoms with Crippen LogP contribution < -0.4 is 20.1 Å². The predicted molar refractivity (Wildman–Crippen MR) is 62.7 cm³/mol. The number of benzene rings is 1. The van der Waals surface area contributed by atoms with E-state index < -0.39 is 18.0 Å². The zero-order chi connectivity index (χ0) is 13.4. The van der Waals surface area contributed by atoms with E-state index in [1.165, 1.54) is 6.08 Å². The lowest BCUT2D eigenvalue weighted by atomic mass is 10.0. The summed E-state index contributed by atoms with van der Waals surface area (Å²) < 4.78 is 10.4. The average molecular weight is 262 g/mol. The molecule has 0 saturated heterocycles. The maximum Gasteiger partial charge on any atom is 0.352 e. The van der Waals surface area contributed by atoms with Gasteiger partial charge in [0.2, 0.25) is 6.79 Å². The number of carbonyl (C=O) groups is 2. The zero-order valence-corrected chi connectivity index (χ0v) is 9.67. The second kappa shape index (κ2) is 4.20. The van der Waals surface area contributed by atoms with Gasteiger partial charge in [0.1, 0.15) is 5.70 Å². The topological polar surface area (TPSA) is 96.9 Å². The molecule has 7 nitrogen and oxygen atoms in total. The molecule has 0 spiro atoms. The summed E-state index contributed by atoms with van der Waals surface area (Å²) in [5.41, 5.74) is 0.573. The number of urea groups is 1. The fourth-order valence-corrected chi connectivity index (χ4v) is 1.96. The Morgan fingerprint density at radius 1 is 1.32 bits per heavy atom. The molecule has 98 valence electrons. The highest BCUT2D eigenvalue weighted by Gasteiger charge is 2.24. The van der Waals surface area contributed by atoms with E-state index in [0.717, 1.165) is 5.56 Å². The van der Waals surface area contributed by atoms with Gasteiger partial charge >= 0.3 is 12.0 Å². The van der Waals surface area contributed by atoms with Crippen molar-refractivity contribution in [3.63, 3.8) is 0 Å². The highest BCUT2D eigenvalue weighted by Crippen LogP contribution is 2.34. The summed E-state index contributed by atoms with van der Waals surface area (Å²) in [6, 6.07) is 4.12. The largest absolute Gasteiger partial charge is 0.477 e. The van der Waals surface area contributed by atoms with Crippen molar-refractivity contribution in [3.8, 4) is 11.5 Å². The highest BCUT2D eigenvalue weighted by molar-refractivity contribution is 5.93. The number of carboxylic acid groups (broad SMARTS) is 1. The fraction of sp³-hybridized carbons (Fsp3) is 0.167. The Bertz CT molecular complexity index is 596. The molecule has 0 fully saturated rings. The van der Waals surface area contributed by atoms with Crippen LogP contribution in [0, 0.1) is 0 Å². The summed E-state index contributed by atoms with van der Waals surface area (Å²) >= 11 is 0. The Kier molecular flexibility index (Phi) is 2.52. The maximum atomic E-state index is 11.4. The Morgan fingerprint density at radius 3 is 2.89 bits per heavy atom. The zero-order valence-electron chi connectivity index (χ0n) is 9.67. The number of ether oxygens (including phenoxy) is 2. The minimum Gasteiger partial charge on any atom is -0.477 e. The van der Waals surface area contributed by atoms with Crippen LogP contribution in [0.25, 0.3) is 0 Å². The molecule has 0 radical (unpaired) electrons. The van der Waals surface area contributed by atoms with Crippen molar-refractivity contribution in [1.82, 2.24) is 10.6 Å². The summed E-state index contributed by atoms with van der Waals surface area (Å²) in [5, 5.41) is 13.8. The lowest BCUT2D eigenvalue weighted by Crippen LogP contribution is -2.43. The number of hydrogen-bond donors (Lipinski definition) is 3. The average Bonchev–Trinajstić information content (AvgIpc) is 2.85. The molecule has 0 aliphatic carbocycles. The monoisotopic (exact) mass is 262 g/mol. The molecule has 2 heterocycles. The first-order valence-electron chi connectivity index (χ1n) is 5.55. The van der Waals surface area contributed by atoms with Crippen LogP contribution in [0.5, 0.6) is 11.5 Å². The van der Waals surface area contributed by atoms with E-state index >= 15 is 0 Å². The minimum absolute atomic E-state index is 0.147. The lowest BCUT2D eigenvalue weighted by Gasteiger charge is -2.22. The van der Waals surface area contributed by atoms with Gasteiger partial charge in [-0.05, 0) is 23.8 Å². The normalized spacial score (nSPS) is 20.3. The number of carboxylic acids is 1. The summed E-state index contributed by atoms with van der Waals surface area (Å²) in [7, 11) is 0. The third kappa shape index (κ3) is 2.05. The molecule has 0 saturated carbocycles. The van der Waals surface area contributed by atoms with E-state index in [9.17, 15) is 9.59 Å². The Hall–Kier alpha value is -2.70. The van der Waals surface area contributed by atoms with Gasteiger partial charge in [0, 0.05) is 0 Å². The molecule has 19 heavy (non-hydrogen) atoms. The highest BCUT2D eigenvalue weighted by atomic mass is 16.7. The van der Waals surface area contributed by atoms with E-state index in [1.54, 1.807) is 18.2 Å². The molecule has 0 unspecified atom stereocenters. The molecule has 3 N–H and O–H groups in total. The molecule has 2 aliphatic rings. The van der Waals surface area contributed by atoms with Gasteiger partial charge in [-0.2, -0.15) is 0 Å². The number of aliphatic carboxylic acids is 1. The molecule has 3 rings (SSSR count). The number of rotatable bonds is 2. The summed E-state index contributed by atoms with van der Waals surface area (Å²) in [6.07, 6.45) is 1.43. The Morgan fingerprint density at radius 2 is 2.11 bits per heavy atom. The second-order valence-electron chi connectivity index (χ2n) is 4.07. The van der Waals surface area contributed by atoms with Crippen molar-refractivity contribution in [1.29, 1.82) is 0 Å². The molecule has 1 aromatic rings. The molecule has 1 atom stereocenters.